The van der Waals surface area contributed by atoms with Gasteiger partial charge in [-0.1, -0.05) is 0 Å². The summed E-state index contributed by atoms with van der Waals surface area (Å²) in [6.45, 7) is 0. The number of carbonyl (C=O) groups excluding carboxylic acids is 1. The van der Waals surface area contributed by atoms with E-state index in [4.69, 9.17) is 9.94 Å². The number of pyridine rings is 2. The highest BCUT2D eigenvalue weighted by molar-refractivity contribution is 5.91. The Morgan fingerprint density at radius 2 is 1.40 bits per heavy atom. The molecule has 0 radical (unpaired) electrons. The highest BCUT2D eigenvalue weighted by Crippen LogP contribution is 2.20. The van der Waals surface area contributed by atoms with Crippen LogP contribution in [0.15, 0.2) is 48.8 Å². The molecular weight excluding hydrogens is 330 g/mol. The van der Waals surface area contributed by atoms with Gasteiger partial charge in [0.05, 0.1) is 22.5 Å². The maximum absolute atomic E-state index is 12.2. The number of carboxylic acid groups (broad SMARTS) is 1. The molecule has 0 aromatic carbocycles. The lowest BCUT2D eigenvalue weighted by molar-refractivity contribution is 0.0381. The van der Waals surface area contributed by atoms with Crippen LogP contribution >= 0.6 is 0 Å². The summed E-state index contributed by atoms with van der Waals surface area (Å²) in [5.74, 6) is -2.87. The molecule has 0 fully saturated rings. The summed E-state index contributed by atoms with van der Waals surface area (Å²) < 4.78 is 0.561. The van der Waals surface area contributed by atoms with Gasteiger partial charge in [-0.25, -0.2) is 9.59 Å². The topological polar surface area (TPSA) is 135 Å². The van der Waals surface area contributed by atoms with Crippen molar-refractivity contribution >= 4 is 11.9 Å². The van der Waals surface area contributed by atoms with Crippen LogP contribution in [0.4, 0.5) is 0 Å². The van der Waals surface area contributed by atoms with E-state index in [-0.39, 0.29) is 22.5 Å². The summed E-state index contributed by atoms with van der Waals surface area (Å²) in [6.07, 6.45) is 2.65. The molecule has 0 aliphatic heterocycles. The van der Waals surface area contributed by atoms with Gasteiger partial charge in [-0.15, -0.1) is 4.73 Å². The van der Waals surface area contributed by atoms with E-state index in [0.29, 0.717) is 4.73 Å². The third kappa shape index (κ3) is 3.24. The second kappa shape index (κ2) is 6.32. The van der Waals surface area contributed by atoms with Gasteiger partial charge in [0.15, 0.2) is 0 Å². The van der Waals surface area contributed by atoms with Crippen LogP contribution in [0.2, 0.25) is 0 Å². The SMILES string of the molecule is O=C(O)c1ccnc(-c2cc(C(=O)On3c(O)ccc3O)ccn2)c1. The number of hydrogen-bond acceptors (Lipinski definition) is 7. The van der Waals surface area contributed by atoms with E-state index >= 15 is 0 Å². The van der Waals surface area contributed by atoms with E-state index in [9.17, 15) is 19.8 Å². The quantitative estimate of drug-likeness (QED) is 0.647. The summed E-state index contributed by atoms with van der Waals surface area (Å²) >= 11 is 0. The van der Waals surface area contributed by atoms with Crippen LogP contribution in [0, 0.1) is 0 Å². The van der Waals surface area contributed by atoms with Crippen molar-refractivity contribution in [1.29, 1.82) is 0 Å². The molecule has 3 aromatic heterocycles. The van der Waals surface area contributed by atoms with Gasteiger partial charge < -0.3 is 20.2 Å². The van der Waals surface area contributed by atoms with Gasteiger partial charge in [0.25, 0.3) is 0 Å². The first-order valence-electron chi connectivity index (χ1n) is 6.94. The van der Waals surface area contributed by atoms with Gasteiger partial charge in [-0.2, -0.15) is 0 Å². The van der Waals surface area contributed by atoms with E-state index in [1.54, 1.807) is 0 Å². The second-order valence-corrected chi connectivity index (χ2v) is 4.89. The minimum Gasteiger partial charge on any atom is -0.492 e. The number of hydrogen-bond donors (Lipinski definition) is 3. The molecule has 0 saturated carbocycles. The van der Waals surface area contributed by atoms with Gasteiger partial charge in [-0.05, 0) is 24.3 Å². The van der Waals surface area contributed by atoms with Crippen LogP contribution < -0.4 is 4.84 Å². The van der Waals surface area contributed by atoms with Crippen LogP contribution in [0.1, 0.15) is 20.7 Å². The molecule has 0 bridgehead atoms. The van der Waals surface area contributed by atoms with Crippen LogP contribution in [-0.2, 0) is 0 Å². The molecule has 0 aliphatic rings. The van der Waals surface area contributed by atoms with Crippen molar-refractivity contribution in [3.05, 3.63) is 59.9 Å². The first-order chi connectivity index (χ1) is 12.0. The zero-order valence-electron chi connectivity index (χ0n) is 12.5. The number of aromatic carboxylic acids is 1. The lowest BCUT2D eigenvalue weighted by Crippen LogP contribution is -2.19. The second-order valence-electron chi connectivity index (χ2n) is 4.89. The van der Waals surface area contributed by atoms with Crippen molar-refractivity contribution < 1.29 is 29.7 Å². The molecule has 0 unspecified atom stereocenters. The predicted octanol–water partition coefficient (Wildman–Crippen LogP) is 1.32. The largest absolute Gasteiger partial charge is 0.492 e. The molecule has 3 rings (SSSR count). The van der Waals surface area contributed by atoms with E-state index < -0.39 is 23.7 Å². The molecule has 9 heteroatoms. The Morgan fingerprint density at radius 3 is 1.96 bits per heavy atom. The average Bonchev–Trinajstić information content (AvgIpc) is 2.94. The molecule has 0 amide bonds. The summed E-state index contributed by atoms with van der Waals surface area (Å²) in [5.41, 5.74) is 0.627. The van der Waals surface area contributed by atoms with Gasteiger partial charge in [-0.3, -0.25) is 9.97 Å². The zero-order valence-corrected chi connectivity index (χ0v) is 12.5. The molecule has 9 nitrogen and oxygen atoms in total. The van der Waals surface area contributed by atoms with E-state index in [0.717, 1.165) is 12.1 Å². The Hall–Kier alpha value is -3.88. The Bertz CT molecular complexity index is 947. The number of nitrogens with zero attached hydrogens (tertiary/aromatic N) is 3. The smallest absolute Gasteiger partial charge is 0.364 e. The lowest BCUT2D eigenvalue weighted by Gasteiger charge is -2.07. The van der Waals surface area contributed by atoms with Gasteiger partial charge >= 0.3 is 11.9 Å². The Morgan fingerprint density at radius 1 is 0.880 bits per heavy atom. The monoisotopic (exact) mass is 341 g/mol. The van der Waals surface area contributed by atoms with Gasteiger partial charge in [0, 0.05) is 24.5 Å². The first-order valence-corrected chi connectivity index (χ1v) is 6.94. The fourth-order valence-corrected chi connectivity index (χ4v) is 2.03. The Labute approximate surface area is 140 Å². The number of aromatic nitrogens is 3. The third-order valence-corrected chi connectivity index (χ3v) is 3.24. The summed E-state index contributed by atoms with van der Waals surface area (Å²) in [6, 6.07) is 7.69. The molecule has 0 aliphatic carbocycles. The van der Waals surface area contributed by atoms with Crippen molar-refractivity contribution in [2.75, 3.05) is 0 Å². The molecule has 0 atom stereocenters. The zero-order chi connectivity index (χ0) is 18.0. The van der Waals surface area contributed by atoms with Crippen molar-refractivity contribution in [2.24, 2.45) is 0 Å². The van der Waals surface area contributed by atoms with Crippen LogP contribution in [-0.4, -0.2) is 42.0 Å². The van der Waals surface area contributed by atoms with E-state index in [1.165, 1.54) is 36.7 Å². The molecule has 126 valence electrons. The molecule has 3 N–H and O–H groups in total. The third-order valence-electron chi connectivity index (χ3n) is 3.24. The minimum absolute atomic E-state index is 0.0296. The highest BCUT2D eigenvalue weighted by Gasteiger charge is 2.16. The van der Waals surface area contributed by atoms with E-state index in [2.05, 4.69) is 9.97 Å². The standard InChI is InChI=1S/C16H11N3O6/c20-13-1-2-14(21)19(13)25-16(24)10-4-6-18-12(8-10)11-7-9(15(22)23)3-5-17-11/h1-8,20-21H,(H,22,23). The summed E-state index contributed by atoms with van der Waals surface area (Å²) in [5, 5.41) is 28.0. The molecule has 25 heavy (non-hydrogen) atoms. The predicted molar refractivity (Wildman–Crippen MR) is 83.1 cm³/mol. The molecule has 3 aromatic rings. The van der Waals surface area contributed by atoms with Gasteiger partial charge in [0.2, 0.25) is 11.8 Å². The summed E-state index contributed by atoms with van der Waals surface area (Å²) in [7, 11) is 0. The lowest BCUT2D eigenvalue weighted by atomic mass is 10.1. The minimum atomic E-state index is -1.11. The number of carboxylic acids is 1. The van der Waals surface area contributed by atoms with Crippen molar-refractivity contribution in [2.45, 2.75) is 0 Å². The first kappa shape index (κ1) is 16.0. The van der Waals surface area contributed by atoms with E-state index in [1.807, 2.05) is 0 Å². The maximum Gasteiger partial charge on any atom is 0.364 e. The van der Waals surface area contributed by atoms with Crippen LogP contribution in [0.5, 0.6) is 11.8 Å². The van der Waals surface area contributed by atoms with Gasteiger partial charge in [0.1, 0.15) is 0 Å². The Kier molecular flexibility index (Phi) is 4.04. The normalized spacial score (nSPS) is 10.4. The maximum atomic E-state index is 12.2. The number of carbonyl (C=O) groups is 2. The fourth-order valence-electron chi connectivity index (χ4n) is 2.03. The average molecular weight is 341 g/mol. The number of aromatic hydroxyl groups is 2. The Balaban J connectivity index is 1.90. The summed E-state index contributed by atoms with van der Waals surface area (Å²) in [4.78, 5) is 36.2. The van der Waals surface area contributed by atoms with Crippen LogP contribution in [0.25, 0.3) is 11.4 Å². The van der Waals surface area contributed by atoms with Crippen molar-refractivity contribution in [3.8, 4) is 23.1 Å². The van der Waals surface area contributed by atoms with Crippen LogP contribution in [0.3, 0.4) is 0 Å². The fraction of sp³-hybridized carbons (Fsp3) is 0. The number of rotatable bonds is 4. The van der Waals surface area contributed by atoms with Crippen molar-refractivity contribution in [1.82, 2.24) is 14.7 Å². The molecule has 0 spiro atoms. The highest BCUT2D eigenvalue weighted by atomic mass is 16.7. The van der Waals surface area contributed by atoms with Crippen molar-refractivity contribution in [3.63, 3.8) is 0 Å². The molecular formula is C16H11N3O6. The molecule has 0 saturated heterocycles. The molecule has 3 heterocycles.